The number of imide groups is 1. The summed E-state index contributed by atoms with van der Waals surface area (Å²) in [5.41, 5.74) is 0.833. The van der Waals surface area contributed by atoms with Crippen molar-refractivity contribution in [1.29, 1.82) is 0 Å². The quantitative estimate of drug-likeness (QED) is 0.735. The van der Waals surface area contributed by atoms with Gasteiger partial charge in [-0.15, -0.1) is 0 Å². The van der Waals surface area contributed by atoms with Crippen molar-refractivity contribution in [2.24, 2.45) is 0 Å². The van der Waals surface area contributed by atoms with Crippen LogP contribution < -0.4 is 15.4 Å². The van der Waals surface area contributed by atoms with Crippen LogP contribution in [0.3, 0.4) is 0 Å². The van der Waals surface area contributed by atoms with Crippen LogP contribution in [-0.2, 0) is 19.7 Å². The molecule has 0 bridgehead atoms. The molecule has 2 N–H and O–H groups in total. The molecule has 7 heteroatoms. The van der Waals surface area contributed by atoms with E-state index in [0.29, 0.717) is 12.3 Å². The average molecular weight is 350 g/mol. The Kier molecular flexibility index (Phi) is 7.91. The fraction of sp³-hybridized carbons (Fsp3) is 0.500. The Morgan fingerprint density at radius 2 is 1.76 bits per heavy atom. The number of rotatable bonds is 7. The summed E-state index contributed by atoms with van der Waals surface area (Å²) in [6.07, 6.45) is 0.754. The summed E-state index contributed by atoms with van der Waals surface area (Å²) in [7, 11) is 0. The molecule has 0 aromatic heterocycles. The highest BCUT2D eigenvalue weighted by molar-refractivity contribution is 5.95. The Morgan fingerprint density at radius 1 is 1.08 bits per heavy atom. The lowest BCUT2D eigenvalue weighted by Crippen LogP contribution is -2.41. The molecule has 0 unspecified atom stereocenters. The first-order valence-corrected chi connectivity index (χ1v) is 8.19. The molecule has 0 aliphatic rings. The summed E-state index contributed by atoms with van der Waals surface area (Å²) in [5.74, 6) is -0.791. The highest BCUT2D eigenvalue weighted by atomic mass is 16.6. The summed E-state index contributed by atoms with van der Waals surface area (Å²) in [6, 6.07) is 6.82. The lowest BCUT2D eigenvalue weighted by Gasteiger charge is -2.22. The fourth-order valence-electron chi connectivity index (χ4n) is 1.98. The molecule has 7 nitrogen and oxygen atoms in total. The minimum absolute atomic E-state index is 0.133. The number of urea groups is 1. The maximum Gasteiger partial charge on any atom is 0.344 e. The van der Waals surface area contributed by atoms with Gasteiger partial charge in [0.05, 0.1) is 0 Å². The standard InChI is InChI=1S/C18H26N2O5/c1-5-10-19-17(23)20-15(21)11-25-16(22)12-24-14-9-7-6-8-13(14)18(2,3)4/h6-9H,5,10-12H2,1-4H3,(H2,19,20,21,23). The van der Waals surface area contributed by atoms with E-state index in [1.54, 1.807) is 6.07 Å². The van der Waals surface area contributed by atoms with Crippen molar-refractivity contribution in [2.45, 2.75) is 39.5 Å². The van der Waals surface area contributed by atoms with Gasteiger partial charge in [0.2, 0.25) is 0 Å². The highest BCUT2D eigenvalue weighted by Crippen LogP contribution is 2.30. The number of ether oxygens (including phenoxy) is 2. The molecule has 0 aliphatic heterocycles. The van der Waals surface area contributed by atoms with Gasteiger partial charge in [-0.3, -0.25) is 10.1 Å². The van der Waals surface area contributed by atoms with Crippen molar-refractivity contribution in [3.05, 3.63) is 29.8 Å². The fourth-order valence-corrected chi connectivity index (χ4v) is 1.98. The largest absolute Gasteiger partial charge is 0.482 e. The van der Waals surface area contributed by atoms with Crippen molar-refractivity contribution < 1.29 is 23.9 Å². The van der Waals surface area contributed by atoms with Gasteiger partial charge in [-0.1, -0.05) is 45.9 Å². The van der Waals surface area contributed by atoms with Crippen LogP contribution >= 0.6 is 0 Å². The molecule has 0 radical (unpaired) electrons. The van der Waals surface area contributed by atoms with Crippen LogP contribution in [0.4, 0.5) is 4.79 Å². The van der Waals surface area contributed by atoms with E-state index in [1.807, 2.05) is 45.9 Å². The summed E-state index contributed by atoms with van der Waals surface area (Å²) in [4.78, 5) is 34.5. The first kappa shape index (κ1) is 20.5. The van der Waals surface area contributed by atoms with Crippen LogP contribution in [0, 0.1) is 0 Å². The van der Waals surface area contributed by atoms with Gasteiger partial charge in [-0.05, 0) is 23.5 Å². The van der Waals surface area contributed by atoms with Gasteiger partial charge in [-0.25, -0.2) is 9.59 Å². The van der Waals surface area contributed by atoms with Gasteiger partial charge in [0.15, 0.2) is 13.2 Å². The van der Waals surface area contributed by atoms with Gasteiger partial charge in [0, 0.05) is 6.54 Å². The van der Waals surface area contributed by atoms with Gasteiger partial charge < -0.3 is 14.8 Å². The van der Waals surface area contributed by atoms with Gasteiger partial charge >= 0.3 is 12.0 Å². The molecule has 138 valence electrons. The number of hydrogen-bond acceptors (Lipinski definition) is 5. The number of carbonyl (C=O) groups is 3. The smallest absolute Gasteiger partial charge is 0.344 e. The molecule has 3 amide bonds. The lowest BCUT2D eigenvalue weighted by molar-refractivity contribution is -0.150. The predicted molar refractivity (Wildman–Crippen MR) is 93.4 cm³/mol. The third-order valence-corrected chi connectivity index (χ3v) is 3.19. The lowest BCUT2D eigenvalue weighted by atomic mass is 9.86. The predicted octanol–water partition coefficient (Wildman–Crippen LogP) is 2.14. The second-order valence-electron chi connectivity index (χ2n) is 6.50. The van der Waals surface area contributed by atoms with E-state index in [2.05, 4.69) is 10.6 Å². The van der Waals surface area contributed by atoms with Gasteiger partial charge in [0.25, 0.3) is 5.91 Å². The monoisotopic (exact) mass is 350 g/mol. The van der Waals surface area contributed by atoms with Crippen LogP contribution in [0.2, 0.25) is 0 Å². The van der Waals surface area contributed by atoms with Crippen molar-refractivity contribution in [3.8, 4) is 5.75 Å². The zero-order valence-electron chi connectivity index (χ0n) is 15.2. The van der Waals surface area contributed by atoms with Crippen LogP contribution in [0.5, 0.6) is 5.75 Å². The molecule has 25 heavy (non-hydrogen) atoms. The first-order valence-electron chi connectivity index (χ1n) is 8.19. The van der Waals surface area contributed by atoms with Gasteiger partial charge in [0.1, 0.15) is 5.75 Å². The molecule has 0 saturated carbocycles. The SMILES string of the molecule is CCCNC(=O)NC(=O)COC(=O)COc1ccccc1C(C)(C)C. The number of para-hydroxylation sites is 1. The Bertz CT molecular complexity index is 608. The molecule has 0 saturated heterocycles. The van der Waals surface area contributed by atoms with E-state index in [-0.39, 0.29) is 12.0 Å². The van der Waals surface area contributed by atoms with Crippen molar-refractivity contribution in [2.75, 3.05) is 19.8 Å². The van der Waals surface area contributed by atoms with Crippen molar-refractivity contribution in [3.63, 3.8) is 0 Å². The number of hydrogen-bond donors (Lipinski definition) is 2. The van der Waals surface area contributed by atoms with Crippen LogP contribution in [0.15, 0.2) is 24.3 Å². The zero-order chi connectivity index (χ0) is 18.9. The number of esters is 1. The summed E-state index contributed by atoms with van der Waals surface area (Å²) >= 11 is 0. The number of carbonyl (C=O) groups excluding carboxylic acids is 3. The molecule has 0 fully saturated rings. The molecular formula is C18H26N2O5. The molecule has 0 spiro atoms. The summed E-state index contributed by atoms with van der Waals surface area (Å²) in [6.45, 7) is 7.62. The maximum absolute atomic E-state index is 11.7. The van der Waals surface area contributed by atoms with E-state index in [0.717, 1.165) is 12.0 Å². The zero-order valence-corrected chi connectivity index (χ0v) is 15.2. The molecule has 1 aromatic rings. The Balaban J connectivity index is 2.41. The van der Waals surface area contributed by atoms with E-state index in [1.165, 1.54) is 0 Å². The molecule has 0 aliphatic carbocycles. The second kappa shape index (κ2) is 9.66. The first-order chi connectivity index (χ1) is 11.7. The average Bonchev–Trinajstić information content (AvgIpc) is 2.55. The Hall–Kier alpha value is -2.57. The molecule has 1 aromatic carbocycles. The van der Waals surface area contributed by atoms with E-state index in [9.17, 15) is 14.4 Å². The number of benzene rings is 1. The third-order valence-electron chi connectivity index (χ3n) is 3.19. The van der Waals surface area contributed by atoms with E-state index >= 15 is 0 Å². The molecular weight excluding hydrogens is 324 g/mol. The van der Waals surface area contributed by atoms with Gasteiger partial charge in [-0.2, -0.15) is 0 Å². The minimum Gasteiger partial charge on any atom is -0.482 e. The maximum atomic E-state index is 11.7. The number of nitrogens with one attached hydrogen (secondary N) is 2. The minimum atomic E-state index is -0.697. The van der Waals surface area contributed by atoms with Crippen LogP contribution in [-0.4, -0.2) is 37.7 Å². The van der Waals surface area contributed by atoms with Crippen molar-refractivity contribution >= 4 is 17.9 Å². The van der Waals surface area contributed by atoms with Crippen LogP contribution in [0.25, 0.3) is 0 Å². The second-order valence-corrected chi connectivity index (χ2v) is 6.50. The summed E-state index contributed by atoms with van der Waals surface area (Å²) < 4.78 is 10.3. The normalized spacial score (nSPS) is 10.7. The topological polar surface area (TPSA) is 93.7 Å². The molecule has 1 rings (SSSR count). The molecule has 0 heterocycles. The Labute approximate surface area is 148 Å². The van der Waals surface area contributed by atoms with Crippen molar-refractivity contribution in [1.82, 2.24) is 10.6 Å². The third kappa shape index (κ3) is 7.69. The highest BCUT2D eigenvalue weighted by Gasteiger charge is 2.19. The number of amides is 3. The molecule has 0 atom stereocenters. The van der Waals surface area contributed by atoms with Crippen LogP contribution in [0.1, 0.15) is 39.7 Å². The van der Waals surface area contributed by atoms with E-state index < -0.39 is 24.5 Å². The summed E-state index contributed by atoms with van der Waals surface area (Å²) in [5, 5.41) is 4.55. The Morgan fingerprint density at radius 3 is 2.40 bits per heavy atom. The van der Waals surface area contributed by atoms with E-state index in [4.69, 9.17) is 9.47 Å².